The van der Waals surface area contributed by atoms with Crippen molar-refractivity contribution < 1.29 is 9.84 Å². The number of benzene rings is 1. The minimum absolute atomic E-state index is 0.0576. The zero-order valence-corrected chi connectivity index (χ0v) is 12.1. The molecule has 2 heteroatoms. The molecule has 2 bridgehead atoms. The number of ether oxygens (including phenoxy) is 1. The SMILES string of the molecule is CC(C)(C)[C@H]1C=Cc2cc3c(cc2[C@H]1O)[C@H]1C=C[C@@H]3O1. The molecular formula is C18H20O2. The maximum Gasteiger partial charge on any atom is 0.102 e. The Morgan fingerprint density at radius 3 is 2.25 bits per heavy atom. The summed E-state index contributed by atoms with van der Waals surface area (Å²) < 4.78 is 5.87. The van der Waals surface area contributed by atoms with E-state index in [-0.39, 0.29) is 23.5 Å². The first-order chi connectivity index (χ1) is 9.45. The van der Waals surface area contributed by atoms with Gasteiger partial charge in [-0.3, -0.25) is 0 Å². The Balaban J connectivity index is 1.82. The Morgan fingerprint density at radius 2 is 1.60 bits per heavy atom. The molecule has 4 rings (SSSR count). The fraction of sp³-hybridized carbons (Fsp3) is 0.444. The summed E-state index contributed by atoms with van der Waals surface area (Å²) in [5.74, 6) is 0.156. The zero-order chi connectivity index (χ0) is 14.1. The Kier molecular flexibility index (Phi) is 2.37. The van der Waals surface area contributed by atoms with E-state index in [0.717, 1.165) is 11.1 Å². The van der Waals surface area contributed by atoms with Gasteiger partial charge in [0.2, 0.25) is 0 Å². The molecule has 4 atom stereocenters. The van der Waals surface area contributed by atoms with Gasteiger partial charge in [-0.15, -0.1) is 0 Å². The lowest BCUT2D eigenvalue weighted by Crippen LogP contribution is -2.27. The Bertz CT molecular complexity index is 634. The number of aliphatic hydroxyl groups excluding tert-OH is 1. The summed E-state index contributed by atoms with van der Waals surface area (Å²) in [5, 5.41) is 10.7. The lowest BCUT2D eigenvalue weighted by Gasteiger charge is -2.36. The van der Waals surface area contributed by atoms with E-state index in [9.17, 15) is 5.11 Å². The summed E-state index contributed by atoms with van der Waals surface area (Å²) in [7, 11) is 0. The molecule has 1 N–H and O–H groups in total. The van der Waals surface area contributed by atoms with Crippen LogP contribution >= 0.6 is 0 Å². The van der Waals surface area contributed by atoms with E-state index < -0.39 is 6.10 Å². The molecule has 2 nitrogen and oxygen atoms in total. The van der Waals surface area contributed by atoms with Gasteiger partial charge in [0.15, 0.2) is 0 Å². The number of hydrogen-bond donors (Lipinski definition) is 1. The van der Waals surface area contributed by atoms with Crippen LogP contribution in [0.25, 0.3) is 6.08 Å². The van der Waals surface area contributed by atoms with Gasteiger partial charge in [-0.05, 0) is 39.8 Å². The lowest BCUT2D eigenvalue weighted by atomic mass is 9.71. The van der Waals surface area contributed by atoms with Crippen molar-refractivity contribution in [3.8, 4) is 0 Å². The van der Waals surface area contributed by atoms with Gasteiger partial charge in [0.1, 0.15) is 12.2 Å². The summed E-state index contributed by atoms with van der Waals surface area (Å²) in [6.45, 7) is 6.53. The van der Waals surface area contributed by atoms with Crippen molar-refractivity contribution in [2.24, 2.45) is 11.3 Å². The van der Waals surface area contributed by atoms with E-state index in [1.54, 1.807) is 0 Å². The van der Waals surface area contributed by atoms with Gasteiger partial charge in [0.25, 0.3) is 0 Å². The van der Waals surface area contributed by atoms with Crippen LogP contribution < -0.4 is 0 Å². The topological polar surface area (TPSA) is 29.5 Å². The molecule has 2 heterocycles. The molecule has 0 saturated carbocycles. The van der Waals surface area contributed by atoms with Crippen LogP contribution in [0.1, 0.15) is 61.3 Å². The fourth-order valence-electron chi connectivity index (χ4n) is 3.63. The number of hydrogen-bond acceptors (Lipinski definition) is 2. The predicted octanol–water partition coefficient (Wildman–Crippen LogP) is 4.09. The zero-order valence-electron chi connectivity index (χ0n) is 12.1. The van der Waals surface area contributed by atoms with E-state index in [1.165, 1.54) is 11.1 Å². The molecule has 0 radical (unpaired) electrons. The third-order valence-corrected chi connectivity index (χ3v) is 4.80. The van der Waals surface area contributed by atoms with Gasteiger partial charge in [-0.2, -0.15) is 0 Å². The molecule has 0 saturated heterocycles. The van der Waals surface area contributed by atoms with E-state index in [1.807, 2.05) is 0 Å². The molecule has 0 aromatic heterocycles. The standard InChI is InChI=1S/C18H20O2/c1-18(2,3)14-5-4-10-8-12-13(9-11(10)17(14)19)16-7-6-15(12)20-16/h4-9,14-17,19H,1-3H3/t14-,15-,16+,17+/m0/s1. The monoisotopic (exact) mass is 268 g/mol. The van der Waals surface area contributed by atoms with Crippen LogP contribution in [-0.4, -0.2) is 5.11 Å². The molecule has 0 unspecified atom stereocenters. The minimum atomic E-state index is -0.427. The summed E-state index contributed by atoms with van der Waals surface area (Å²) >= 11 is 0. The summed E-state index contributed by atoms with van der Waals surface area (Å²) in [4.78, 5) is 0. The van der Waals surface area contributed by atoms with E-state index in [0.29, 0.717) is 0 Å². The molecular weight excluding hydrogens is 248 g/mol. The predicted molar refractivity (Wildman–Crippen MR) is 79.1 cm³/mol. The van der Waals surface area contributed by atoms with Crippen LogP contribution in [0.3, 0.4) is 0 Å². The molecule has 0 spiro atoms. The normalized spacial score (nSPS) is 33.4. The van der Waals surface area contributed by atoms with Crippen LogP contribution in [-0.2, 0) is 4.74 Å². The van der Waals surface area contributed by atoms with Crippen LogP contribution in [0.15, 0.2) is 30.4 Å². The Labute approximate surface area is 119 Å². The van der Waals surface area contributed by atoms with E-state index >= 15 is 0 Å². The first kappa shape index (κ1) is 12.4. The lowest BCUT2D eigenvalue weighted by molar-refractivity contribution is 0.0695. The average Bonchev–Trinajstić information content (AvgIpc) is 2.97. The second-order valence-electron chi connectivity index (χ2n) is 7.17. The van der Waals surface area contributed by atoms with Crippen molar-refractivity contribution in [3.63, 3.8) is 0 Å². The highest BCUT2D eigenvalue weighted by Gasteiger charge is 2.38. The molecule has 1 aromatic carbocycles. The van der Waals surface area contributed by atoms with Crippen LogP contribution in [0.5, 0.6) is 0 Å². The van der Waals surface area contributed by atoms with Gasteiger partial charge in [0.05, 0.1) is 6.10 Å². The smallest absolute Gasteiger partial charge is 0.102 e. The van der Waals surface area contributed by atoms with Gasteiger partial charge < -0.3 is 9.84 Å². The van der Waals surface area contributed by atoms with Gasteiger partial charge >= 0.3 is 0 Å². The molecule has 2 aliphatic heterocycles. The minimum Gasteiger partial charge on any atom is -0.388 e. The largest absolute Gasteiger partial charge is 0.388 e. The van der Waals surface area contributed by atoms with Crippen molar-refractivity contribution in [2.45, 2.75) is 39.1 Å². The highest BCUT2D eigenvalue weighted by Crippen LogP contribution is 2.49. The van der Waals surface area contributed by atoms with Crippen LogP contribution in [0, 0.1) is 11.3 Å². The second kappa shape index (κ2) is 3.84. The molecule has 104 valence electrons. The van der Waals surface area contributed by atoms with E-state index in [4.69, 9.17) is 4.74 Å². The highest BCUT2D eigenvalue weighted by molar-refractivity contribution is 5.62. The Morgan fingerprint density at radius 1 is 0.950 bits per heavy atom. The molecule has 1 aromatic rings. The third kappa shape index (κ3) is 1.58. The quantitative estimate of drug-likeness (QED) is 0.718. The molecule has 1 aliphatic carbocycles. The van der Waals surface area contributed by atoms with Gasteiger partial charge in [0, 0.05) is 5.92 Å². The van der Waals surface area contributed by atoms with Crippen molar-refractivity contribution >= 4 is 6.08 Å². The van der Waals surface area contributed by atoms with Crippen LogP contribution in [0.4, 0.5) is 0 Å². The number of rotatable bonds is 0. The Hall–Kier alpha value is -1.38. The first-order valence-corrected chi connectivity index (χ1v) is 7.33. The first-order valence-electron chi connectivity index (χ1n) is 7.33. The second-order valence-corrected chi connectivity index (χ2v) is 7.17. The molecule has 20 heavy (non-hydrogen) atoms. The third-order valence-electron chi connectivity index (χ3n) is 4.80. The van der Waals surface area contributed by atoms with Crippen molar-refractivity contribution in [2.75, 3.05) is 0 Å². The average molecular weight is 268 g/mol. The van der Waals surface area contributed by atoms with Gasteiger partial charge in [-0.1, -0.05) is 45.1 Å². The number of fused-ring (bicyclic) bond motifs is 6. The summed E-state index contributed by atoms with van der Waals surface area (Å²) in [5.41, 5.74) is 4.75. The summed E-state index contributed by atoms with van der Waals surface area (Å²) in [6.07, 6.45) is 8.34. The van der Waals surface area contributed by atoms with Crippen LogP contribution in [0.2, 0.25) is 0 Å². The summed E-state index contributed by atoms with van der Waals surface area (Å²) in [6, 6.07) is 4.35. The maximum atomic E-state index is 10.7. The highest BCUT2D eigenvalue weighted by atomic mass is 16.5. The maximum absolute atomic E-state index is 10.7. The molecule has 0 fully saturated rings. The molecule has 3 aliphatic rings. The van der Waals surface area contributed by atoms with E-state index in [2.05, 4.69) is 57.2 Å². The molecule has 0 amide bonds. The van der Waals surface area contributed by atoms with Gasteiger partial charge in [-0.25, -0.2) is 0 Å². The van der Waals surface area contributed by atoms with Crippen molar-refractivity contribution in [1.82, 2.24) is 0 Å². The number of aliphatic hydroxyl groups is 1. The van der Waals surface area contributed by atoms with Crippen molar-refractivity contribution in [3.05, 3.63) is 52.6 Å². The fourth-order valence-corrected chi connectivity index (χ4v) is 3.63. The van der Waals surface area contributed by atoms with Crippen molar-refractivity contribution in [1.29, 1.82) is 0 Å².